The summed E-state index contributed by atoms with van der Waals surface area (Å²) in [4.78, 5) is 8.96. The van der Waals surface area contributed by atoms with Crippen LogP contribution in [-0.2, 0) is 0 Å². The van der Waals surface area contributed by atoms with Crippen molar-refractivity contribution in [3.05, 3.63) is 54.2 Å². The Labute approximate surface area is 167 Å². The molecular weight excluding hydrogens is 373 g/mol. The van der Waals surface area contributed by atoms with Gasteiger partial charge in [0.25, 0.3) is 0 Å². The first kappa shape index (κ1) is 22.5. The summed E-state index contributed by atoms with van der Waals surface area (Å²) in [5, 5.41) is 10.2. The van der Waals surface area contributed by atoms with Crippen LogP contribution in [0.1, 0.15) is 5.56 Å². The van der Waals surface area contributed by atoms with E-state index in [2.05, 4.69) is 14.8 Å². The second-order valence-corrected chi connectivity index (χ2v) is 6.26. The average molecular weight is 400 g/mol. The molecule has 1 aromatic heterocycles. The summed E-state index contributed by atoms with van der Waals surface area (Å²) in [7, 11) is 0. The van der Waals surface area contributed by atoms with E-state index in [0.29, 0.717) is 13.2 Å². The summed E-state index contributed by atoms with van der Waals surface area (Å²) in [5.41, 5.74) is 1.16. The number of halogens is 2. The monoisotopic (exact) mass is 399 g/mol. The third-order valence-corrected chi connectivity index (χ3v) is 4.25. The molecule has 1 N–H and O–H groups in total. The molecule has 7 heteroatoms. The molecule has 0 aliphatic carbocycles. The predicted octanol–water partition coefficient (Wildman–Crippen LogP) is 2.80. The first-order chi connectivity index (χ1) is 11.7. The lowest BCUT2D eigenvalue weighted by atomic mass is 10.2. The molecule has 0 bridgehead atoms. The van der Waals surface area contributed by atoms with Gasteiger partial charge >= 0.3 is 0 Å². The molecule has 1 saturated heterocycles. The van der Waals surface area contributed by atoms with Crippen LogP contribution in [-0.4, -0.2) is 60.4 Å². The summed E-state index contributed by atoms with van der Waals surface area (Å²) in [6.45, 7) is 6.72. The van der Waals surface area contributed by atoms with E-state index in [4.69, 9.17) is 4.74 Å². The van der Waals surface area contributed by atoms with Gasteiger partial charge in [-0.1, -0.05) is 18.2 Å². The number of piperazine rings is 1. The quantitative estimate of drug-likeness (QED) is 0.808. The Morgan fingerprint density at radius 2 is 1.85 bits per heavy atom. The van der Waals surface area contributed by atoms with Crippen molar-refractivity contribution in [2.75, 3.05) is 44.2 Å². The second-order valence-electron chi connectivity index (χ2n) is 6.26. The fourth-order valence-corrected chi connectivity index (χ4v) is 2.95. The van der Waals surface area contributed by atoms with Gasteiger partial charge in [0.05, 0.1) is 0 Å². The Kier molecular flexibility index (Phi) is 9.73. The molecule has 1 aliphatic heterocycles. The molecule has 5 nitrogen and oxygen atoms in total. The molecule has 2 heterocycles. The second kappa shape index (κ2) is 11.2. The Morgan fingerprint density at radius 3 is 2.50 bits per heavy atom. The van der Waals surface area contributed by atoms with E-state index in [1.54, 1.807) is 0 Å². The minimum Gasteiger partial charge on any atom is -0.491 e. The number of aliphatic hydroxyl groups excluding tert-OH is 1. The third kappa shape index (κ3) is 6.65. The van der Waals surface area contributed by atoms with Gasteiger partial charge in [-0.25, -0.2) is 4.98 Å². The zero-order valence-electron chi connectivity index (χ0n) is 15.0. The molecule has 0 saturated carbocycles. The largest absolute Gasteiger partial charge is 0.491 e. The van der Waals surface area contributed by atoms with Crippen molar-refractivity contribution in [2.24, 2.45) is 0 Å². The third-order valence-electron chi connectivity index (χ3n) is 4.25. The molecule has 1 unspecified atom stereocenters. The number of nitrogens with zero attached hydrogens (tertiary/aromatic N) is 3. The molecule has 1 aromatic carbocycles. The number of rotatable bonds is 6. The Bertz CT molecular complexity index is 638. The Morgan fingerprint density at radius 1 is 1.08 bits per heavy atom. The predicted molar refractivity (Wildman–Crippen MR) is 110 cm³/mol. The van der Waals surface area contributed by atoms with Gasteiger partial charge in [-0.3, -0.25) is 4.90 Å². The van der Waals surface area contributed by atoms with Crippen LogP contribution in [0.15, 0.2) is 48.7 Å². The molecule has 1 aliphatic rings. The lowest BCUT2D eigenvalue weighted by Crippen LogP contribution is -2.49. The maximum Gasteiger partial charge on any atom is 0.128 e. The summed E-state index contributed by atoms with van der Waals surface area (Å²) in [5.74, 6) is 1.84. The van der Waals surface area contributed by atoms with Crippen molar-refractivity contribution in [1.82, 2.24) is 9.88 Å². The highest BCUT2D eigenvalue weighted by Crippen LogP contribution is 2.14. The van der Waals surface area contributed by atoms with Gasteiger partial charge in [0.1, 0.15) is 24.3 Å². The van der Waals surface area contributed by atoms with Gasteiger partial charge in [0.15, 0.2) is 0 Å². The van der Waals surface area contributed by atoms with Crippen LogP contribution in [0.5, 0.6) is 5.75 Å². The molecule has 0 amide bonds. The topological polar surface area (TPSA) is 48.8 Å². The number of ether oxygens (including phenoxy) is 1. The summed E-state index contributed by atoms with van der Waals surface area (Å²) < 4.78 is 5.68. The lowest BCUT2D eigenvalue weighted by Gasteiger charge is -2.36. The first-order valence-electron chi connectivity index (χ1n) is 8.46. The van der Waals surface area contributed by atoms with E-state index in [1.807, 2.05) is 55.6 Å². The zero-order valence-corrected chi connectivity index (χ0v) is 16.6. The van der Waals surface area contributed by atoms with Gasteiger partial charge in [-0.05, 0) is 36.8 Å². The molecule has 0 spiro atoms. The molecule has 1 atom stereocenters. The molecule has 144 valence electrons. The molecule has 1 fully saturated rings. The fraction of sp³-hybridized carbons (Fsp3) is 0.421. The van der Waals surface area contributed by atoms with Crippen molar-refractivity contribution < 1.29 is 9.84 Å². The smallest absolute Gasteiger partial charge is 0.128 e. The van der Waals surface area contributed by atoms with Crippen LogP contribution in [0.2, 0.25) is 0 Å². The van der Waals surface area contributed by atoms with Gasteiger partial charge in [-0.2, -0.15) is 0 Å². The number of aryl methyl sites for hydroxylation is 1. The van der Waals surface area contributed by atoms with Crippen molar-refractivity contribution in [3.63, 3.8) is 0 Å². The molecule has 26 heavy (non-hydrogen) atoms. The SMILES string of the molecule is Cc1cccc(OCC(O)CN2CCN(c3ccccn3)CC2)c1.Cl.Cl. The Balaban J connectivity index is 0.00000169. The number of benzene rings is 1. The fourth-order valence-electron chi connectivity index (χ4n) is 2.95. The van der Waals surface area contributed by atoms with E-state index >= 15 is 0 Å². The number of anilines is 1. The van der Waals surface area contributed by atoms with Crippen LogP contribution >= 0.6 is 24.8 Å². The molecule has 3 rings (SSSR count). The normalized spacial score (nSPS) is 15.5. The molecule has 0 radical (unpaired) electrons. The van der Waals surface area contributed by atoms with Crippen LogP contribution < -0.4 is 9.64 Å². The number of hydrogen-bond donors (Lipinski definition) is 1. The highest BCUT2D eigenvalue weighted by atomic mass is 35.5. The number of pyridine rings is 1. The average Bonchev–Trinajstić information content (AvgIpc) is 2.61. The minimum absolute atomic E-state index is 0. The summed E-state index contributed by atoms with van der Waals surface area (Å²) in [6.07, 6.45) is 1.35. The summed E-state index contributed by atoms with van der Waals surface area (Å²) in [6, 6.07) is 13.9. The number of aromatic nitrogens is 1. The van der Waals surface area contributed by atoms with Crippen molar-refractivity contribution >= 4 is 30.6 Å². The summed E-state index contributed by atoms with van der Waals surface area (Å²) >= 11 is 0. The minimum atomic E-state index is -0.480. The maximum atomic E-state index is 10.2. The van der Waals surface area contributed by atoms with Crippen molar-refractivity contribution in [1.29, 1.82) is 0 Å². The molecular formula is C19H27Cl2N3O2. The van der Waals surface area contributed by atoms with Gasteiger partial charge in [-0.15, -0.1) is 24.8 Å². The zero-order chi connectivity index (χ0) is 16.8. The van der Waals surface area contributed by atoms with Crippen LogP contribution in [0.25, 0.3) is 0 Å². The van der Waals surface area contributed by atoms with E-state index in [-0.39, 0.29) is 24.8 Å². The first-order valence-corrected chi connectivity index (χ1v) is 8.46. The van der Waals surface area contributed by atoms with E-state index in [1.165, 1.54) is 0 Å². The maximum absolute atomic E-state index is 10.2. The number of β-amino-alcohol motifs (C(OH)–C–C–N with tert-alkyl or cyclic N) is 1. The van der Waals surface area contributed by atoms with E-state index in [0.717, 1.165) is 43.3 Å². The highest BCUT2D eigenvalue weighted by Gasteiger charge is 2.20. The van der Waals surface area contributed by atoms with Gasteiger partial charge in [0.2, 0.25) is 0 Å². The van der Waals surface area contributed by atoms with Crippen molar-refractivity contribution in [3.8, 4) is 5.75 Å². The lowest BCUT2D eigenvalue weighted by molar-refractivity contribution is 0.0662. The number of hydrogen-bond acceptors (Lipinski definition) is 5. The van der Waals surface area contributed by atoms with Gasteiger partial charge < -0.3 is 14.7 Å². The van der Waals surface area contributed by atoms with E-state index in [9.17, 15) is 5.11 Å². The standard InChI is InChI=1S/C19H25N3O2.2ClH/c1-16-5-4-6-18(13-16)24-15-17(23)14-21-9-11-22(12-10-21)19-7-2-3-8-20-19;;/h2-8,13,17,23H,9-12,14-15H2,1H3;2*1H. The van der Waals surface area contributed by atoms with Crippen LogP contribution in [0.4, 0.5) is 5.82 Å². The Hall–Kier alpha value is -1.53. The van der Waals surface area contributed by atoms with E-state index < -0.39 is 6.10 Å². The van der Waals surface area contributed by atoms with Crippen LogP contribution in [0, 0.1) is 6.92 Å². The molecule has 2 aromatic rings. The number of aliphatic hydroxyl groups is 1. The van der Waals surface area contributed by atoms with Crippen molar-refractivity contribution in [2.45, 2.75) is 13.0 Å². The van der Waals surface area contributed by atoms with Crippen LogP contribution in [0.3, 0.4) is 0 Å². The van der Waals surface area contributed by atoms with Gasteiger partial charge in [0, 0.05) is 38.9 Å². The highest BCUT2D eigenvalue weighted by molar-refractivity contribution is 5.85.